The van der Waals surface area contributed by atoms with Crippen LogP contribution in [0.25, 0.3) is 11.0 Å². The Morgan fingerprint density at radius 2 is 1.85 bits per heavy atom. The molecule has 0 saturated carbocycles. The van der Waals surface area contributed by atoms with E-state index in [0.29, 0.717) is 11.9 Å². The normalized spacial score (nSPS) is 14.8. The van der Waals surface area contributed by atoms with Gasteiger partial charge < -0.3 is 10.1 Å². The number of hydrogen-bond acceptors (Lipinski definition) is 8. The first-order chi connectivity index (χ1) is 15.5. The number of hydrogen-bond donors (Lipinski definition) is 3. The minimum Gasteiger partial charge on any atom is -0.370 e. The summed E-state index contributed by atoms with van der Waals surface area (Å²) < 4.78 is 6.16. The zero-order valence-electron chi connectivity index (χ0n) is 20.3. The molecule has 2 rings (SSSR count). The van der Waals surface area contributed by atoms with Crippen LogP contribution in [-0.2, 0) is 25.8 Å². The van der Waals surface area contributed by atoms with E-state index in [2.05, 4.69) is 15.3 Å². The number of Topliss-reactive ketones (excluding diaryl/α,β-unsaturated/α-hetero) is 1. The van der Waals surface area contributed by atoms with Crippen LogP contribution in [0.15, 0.2) is 30.6 Å². The number of carbonyl (C=O) groups is 2. The van der Waals surface area contributed by atoms with Gasteiger partial charge >= 0.3 is 0 Å². The van der Waals surface area contributed by atoms with Gasteiger partial charge in [0.25, 0.3) is 0 Å². The van der Waals surface area contributed by atoms with Gasteiger partial charge in [-0.05, 0) is 30.7 Å². The first-order valence-corrected chi connectivity index (χ1v) is 11.2. The molecule has 1 aromatic heterocycles. The lowest BCUT2D eigenvalue weighted by Crippen LogP contribution is -2.52. The van der Waals surface area contributed by atoms with Crippen LogP contribution in [-0.4, -0.2) is 45.6 Å². The largest absolute Gasteiger partial charge is 0.370 e. The van der Waals surface area contributed by atoms with E-state index in [4.69, 9.17) is 14.8 Å². The smallest absolute Gasteiger partial charge is 0.226 e. The minimum atomic E-state index is -0.688. The van der Waals surface area contributed by atoms with E-state index in [1.165, 1.54) is 6.92 Å². The third-order valence-electron chi connectivity index (χ3n) is 5.42. The number of carbonyl (C=O) groups excluding carboxylic acids is 2. The van der Waals surface area contributed by atoms with Gasteiger partial charge in [-0.3, -0.25) is 29.6 Å². The molecule has 0 aliphatic heterocycles. The van der Waals surface area contributed by atoms with Crippen molar-refractivity contribution in [2.45, 2.75) is 66.7 Å². The van der Waals surface area contributed by atoms with Crippen molar-refractivity contribution >= 4 is 22.7 Å². The molecule has 3 atom stereocenters. The zero-order chi connectivity index (χ0) is 24.6. The number of aromatic nitrogens is 2. The lowest BCUT2D eigenvalue weighted by atomic mass is 9.83. The second-order valence-electron chi connectivity index (χ2n) is 9.75. The lowest BCUT2D eigenvalue weighted by molar-refractivity contribution is -0.170. The Balaban J connectivity index is 2.28. The highest BCUT2D eigenvalue weighted by molar-refractivity contribution is 5.89. The fraction of sp³-hybridized carbons (Fsp3) is 0.583. The van der Waals surface area contributed by atoms with Crippen LogP contribution >= 0.6 is 0 Å². The predicted octanol–water partition coefficient (Wildman–Crippen LogP) is 3.21. The zero-order valence-corrected chi connectivity index (χ0v) is 20.3. The molecule has 3 N–H and O–H groups in total. The molecule has 0 bridgehead atoms. The SMILES string of the molecule is CC(=O)[C@@H](NC(=O)[C@H](CC(C)C)C(CONO)OCc1cccc2nccnc12)C(C)(C)C. The third kappa shape index (κ3) is 7.82. The van der Waals surface area contributed by atoms with Crippen LogP contribution in [0.2, 0.25) is 0 Å². The van der Waals surface area contributed by atoms with Gasteiger partial charge in [-0.2, -0.15) is 0 Å². The highest BCUT2D eigenvalue weighted by atomic mass is 16.8. The molecule has 0 fully saturated rings. The third-order valence-corrected chi connectivity index (χ3v) is 5.42. The van der Waals surface area contributed by atoms with Gasteiger partial charge in [0.1, 0.15) is 0 Å². The molecule has 1 heterocycles. The number of nitrogens with zero attached hydrogens (tertiary/aromatic N) is 2. The Kier molecular flexibility index (Phi) is 9.85. The number of rotatable bonds is 12. The maximum absolute atomic E-state index is 13.4. The monoisotopic (exact) mass is 460 g/mol. The maximum Gasteiger partial charge on any atom is 0.226 e. The van der Waals surface area contributed by atoms with Gasteiger partial charge in [-0.1, -0.05) is 52.4 Å². The first-order valence-electron chi connectivity index (χ1n) is 11.2. The molecule has 0 aliphatic carbocycles. The number of benzene rings is 1. The van der Waals surface area contributed by atoms with E-state index >= 15 is 0 Å². The standard InChI is InChI=1S/C24H36N4O5/c1-15(2)12-18(23(30)27-22(16(3)29)24(4,5)6)20(14-33-28-31)32-13-17-8-7-9-19-21(17)26-11-10-25-19/h7-11,15,18,20,22,28,31H,12-14H2,1-6H3,(H,27,30)/t18-,20?,22-/m1/s1. The first kappa shape index (κ1) is 26.8. The number of ketones is 1. The number of para-hydroxylation sites is 1. The minimum absolute atomic E-state index is 0.0714. The highest BCUT2D eigenvalue weighted by Crippen LogP contribution is 2.25. The number of fused-ring (bicyclic) bond motifs is 1. The quantitative estimate of drug-likeness (QED) is 0.413. The Labute approximate surface area is 195 Å². The topological polar surface area (TPSA) is 123 Å². The Morgan fingerprint density at radius 3 is 2.45 bits per heavy atom. The second-order valence-corrected chi connectivity index (χ2v) is 9.75. The molecule has 0 spiro atoms. The number of ether oxygens (including phenoxy) is 1. The van der Waals surface area contributed by atoms with Crippen molar-refractivity contribution in [2.24, 2.45) is 17.3 Å². The van der Waals surface area contributed by atoms with Crippen molar-refractivity contribution in [1.29, 1.82) is 0 Å². The number of amides is 1. The van der Waals surface area contributed by atoms with Crippen molar-refractivity contribution < 1.29 is 24.4 Å². The molecule has 2 aromatic rings. The van der Waals surface area contributed by atoms with E-state index in [1.54, 1.807) is 18.0 Å². The molecule has 0 radical (unpaired) electrons. The lowest BCUT2D eigenvalue weighted by Gasteiger charge is -2.33. The summed E-state index contributed by atoms with van der Waals surface area (Å²) in [5, 5.41) is 11.9. The van der Waals surface area contributed by atoms with Gasteiger partial charge in [-0.25, -0.2) is 0 Å². The van der Waals surface area contributed by atoms with Gasteiger partial charge in [0.2, 0.25) is 5.91 Å². The Bertz CT molecular complexity index is 923. The molecule has 0 saturated heterocycles. The highest BCUT2D eigenvalue weighted by Gasteiger charge is 2.36. The molecule has 1 amide bonds. The summed E-state index contributed by atoms with van der Waals surface area (Å²) in [6.45, 7) is 11.3. The summed E-state index contributed by atoms with van der Waals surface area (Å²) >= 11 is 0. The van der Waals surface area contributed by atoms with Crippen molar-refractivity contribution in [2.75, 3.05) is 6.61 Å². The summed E-state index contributed by atoms with van der Waals surface area (Å²) in [5.74, 6) is -0.825. The average Bonchev–Trinajstić information content (AvgIpc) is 2.75. The van der Waals surface area contributed by atoms with Crippen molar-refractivity contribution in [3.63, 3.8) is 0 Å². The van der Waals surface area contributed by atoms with Gasteiger partial charge in [0, 0.05) is 18.0 Å². The van der Waals surface area contributed by atoms with Crippen LogP contribution in [0.5, 0.6) is 0 Å². The van der Waals surface area contributed by atoms with Gasteiger partial charge in [0.05, 0.1) is 42.3 Å². The predicted molar refractivity (Wildman–Crippen MR) is 124 cm³/mol. The maximum atomic E-state index is 13.4. The Hall–Kier alpha value is -2.46. The fourth-order valence-electron chi connectivity index (χ4n) is 3.88. The van der Waals surface area contributed by atoms with E-state index in [-0.39, 0.29) is 30.8 Å². The molecule has 9 heteroatoms. The number of nitrogens with one attached hydrogen (secondary N) is 2. The van der Waals surface area contributed by atoms with Crippen LogP contribution in [0.3, 0.4) is 0 Å². The van der Waals surface area contributed by atoms with E-state index in [9.17, 15) is 9.59 Å². The van der Waals surface area contributed by atoms with Crippen LogP contribution in [0, 0.1) is 17.3 Å². The summed E-state index contributed by atoms with van der Waals surface area (Å²) in [4.78, 5) is 39.3. The summed E-state index contributed by atoms with van der Waals surface area (Å²) in [5.41, 5.74) is 3.51. The summed E-state index contributed by atoms with van der Waals surface area (Å²) in [6, 6.07) is 4.99. The average molecular weight is 461 g/mol. The van der Waals surface area contributed by atoms with Crippen molar-refractivity contribution in [3.8, 4) is 0 Å². The van der Waals surface area contributed by atoms with E-state index in [1.807, 2.05) is 52.8 Å². The van der Waals surface area contributed by atoms with Crippen molar-refractivity contribution in [3.05, 3.63) is 36.2 Å². The van der Waals surface area contributed by atoms with Crippen LogP contribution < -0.4 is 11.0 Å². The van der Waals surface area contributed by atoms with Gasteiger partial charge in [-0.15, -0.1) is 0 Å². The van der Waals surface area contributed by atoms with Crippen molar-refractivity contribution in [1.82, 2.24) is 20.9 Å². The molecule has 0 aliphatic rings. The van der Waals surface area contributed by atoms with E-state index < -0.39 is 23.5 Å². The van der Waals surface area contributed by atoms with Crippen LogP contribution in [0.4, 0.5) is 0 Å². The molecular weight excluding hydrogens is 424 g/mol. The fourth-order valence-corrected chi connectivity index (χ4v) is 3.88. The Morgan fingerprint density at radius 1 is 1.15 bits per heavy atom. The molecule has 9 nitrogen and oxygen atoms in total. The molecule has 1 unspecified atom stereocenters. The molecule has 33 heavy (non-hydrogen) atoms. The van der Waals surface area contributed by atoms with E-state index in [0.717, 1.165) is 11.1 Å². The van der Waals surface area contributed by atoms with Crippen LogP contribution in [0.1, 0.15) is 53.5 Å². The molecule has 182 valence electrons. The molecular formula is C24H36N4O5. The molecule has 1 aromatic carbocycles. The summed E-state index contributed by atoms with van der Waals surface area (Å²) in [6.07, 6.45) is 3.06. The van der Waals surface area contributed by atoms with Gasteiger partial charge in [0.15, 0.2) is 5.78 Å². The summed E-state index contributed by atoms with van der Waals surface area (Å²) in [7, 11) is 0. The second kappa shape index (κ2) is 12.1.